The highest BCUT2D eigenvalue weighted by atomic mass is 79.9. The molecule has 1 unspecified atom stereocenters. The van der Waals surface area contributed by atoms with Gasteiger partial charge in [-0.2, -0.15) is 0 Å². The molecule has 0 aliphatic rings. The van der Waals surface area contributed by atoms with Crippen LogP contribution in [0.3, 0.4) is 0 Å². The fraction of sp³-hybridized carbons (Fsp3) is 0.167. The Bertz CT molecular complexity index is 470. The maximum atomic E-state index is 13.5. The highest BCUT2D eigenvalue weighted by molar-refractivity contribution is 9.09. The minimum Gasteiger partial charge on any atom is -0.494 e. The Morgan fingerprint density at radius 3 is 2.75 bits per heavy atom. The molecule has 0 aliphatic carbocycles. The molecule has 1 aromatic carbocycles. The van der Waals surface area contributed by atoms with Crippen molar-refractivity contribution >= 4 is 27.3 Å². The van der Waals surface area contributed by atoms with E-state index in [1.807, 2.05) is 23.6 Å². The van der Waals surface area contributed by atoms with Crippen LogP contribution in [0.25, 0.3) is 0 Å². The summed E-state index contributed by atoms with van der Waals surface area (Å²) in [6.45, 7) is 0. The Morgan fingerprint density at radius 2 is 2.19 bits per heavy atom. The first-order valence-electron chi connectivity index (χ1n) is 4.73. The highest BCUT2D eigenvalue weighted by Crippen LogP contribution is 2.35. The molecule has 16 heavy (non-hydrogen) atoms. The third-order valence-corrected chi connectivity index (χ3v) is 4.52. The number of methoxy groups -OCH3 is 1. The van der Waals surface area contributed by atoms with Crippen molar-refractivity contribution in [2.45, 2.75) is 4.83 Å². The van der Waals surface area contributed by atoms with Crippen LogP contribution in [0.4, 0.5) is 4.39 Å². The predicted molar refractivity (Wildman–Crippen MR) is 68.0 cm³/mol. The topological polar surface area (TPSA) is 9.23 Å². The monoisotopic (exact) mass is 300 g/mol. The van der Waals surface area contributed by atoms with Gasteiger partial charge in [-0.3, -0.25) is 0 Å². The van der Waals surface area contributed by atoms with Gasteiger partial charge < -0.3 is 4.74 Å². The lowest BCUT2D eigenvalue weighted by atomic mass is 10.1. The Hall–Kier alpha value is -0.870. The molecule has 0 radical (unpaired) electrons. The number of alkyl halides is 1. The molecule has 4 heteroatoms. The van der Waals surface area contributed by atoms with Gasteiger partial charge in [0.1, 0.15) is 0 Å². The second kappa shape index (κ2) is 4.97. The van der Waals surface area contributed by atoms with E-state index in [-0.39, 0.29) is 16.4 Å². The van der Waals surface area contributed by atoms with E-state index in [0.717, 1.165) is 10.4 Å². The standard InChI is InChI=1S/C12H10BrFOS/c1-15-10-5-4-8(7-9(10)14)12(13)11-3-2-6-16-11/h2-7,12H,1H3. The molecule has 0 bridgehead atoms. The Morgan fingerprint density at radius 1 is 1.38 bits per heavy atom. The molecule has 0 aliphatic heterocycles. The fourth-order valence-electron chi connectivity index (χ4n) is 1.44. The van der Waals surface area contributed by atoms with Crippen LogP contribution >= 0.6 is 27.3 Å². The zero-order chi connectivity index (χ0) is 11.5. The maximum Gasteiger partial charge on any atom is 0.165 e. The normalized spacial score (nSPS) is 12.4. The van der Waals surface area contributed by atoms with Crippen LogP contribution in [-0.4, -0.2) is 7.11 Å². The minimum absolute atomic E-state index is 0.0351. The van der Waals surface area contributed by atoms with E-state index in [0.29, 0.717) is 0 Å². The molecule has 0 amide bonds. The molecule has 0 saturated carbocycles. The van der Waals surface area contributed by atoms with Gasteiger partial charge in [0, 0.05) is 4.88 Å². The molecule has 2 rings (SSSR count). The van der Waals surface area contributed by atoms with Crippen LogP contribution in [0.1, 0.15) is 15.3 Å². The van der Waals surface area contributed by atoms with Crippen molar-refractivity contribution in [1.82, 2.24) is 0 Å². The molecule has 2 aromatic rings. The average Bonchev–Trinajstić information content (AvgIpc) is 2.81. The predicted octanol–water partition coefficient (Wildman–Crippen LogP) is 4.38. The van der Waals surface area contributed by atoms with E-state index in [2.05, 4.69) is 15.9 Å². The Kier molecular flexibility index (Phi) is 3.61. The molecule has 1 atom stereocenters. The molecular weight excluding hydrogens is 291 g/mol. The first-order valence-corrected chi connectivity index (χ1v) is 6.53. The van der Waals surface area contributed by atoms with Gasteiger partial charge in [-0.15, -0.1) is 11.3 Å². The van der Waals surface area contributed by atoms with E-state index in [4.69, 9.17) is 4.74 Å². The summed E-state index contributed by atoms with van der Waals surface area (Å²) in [6.07, 6.45) is 0. The highest BCUT2D eigenvalue weighted by Gasteiger charge is 2.13. The number of benzene rings is 1. The van der Waals surface area contributed by atoms with Crippen molar-refractivity contribution < 1.29 is 9.13 Å². The molecule has 0 N–H and O–H groups in total. The molecule has 1 heterocycles. The summed E-state index contributed by atoms with van der Waals surface area (Å²) >= 11 is 5.20. The summed E-state index contributed by atoms with van der Waals surface area (Å²) in [7, 11) is 1.46. The molecule has 0 spiro atoms. The lowest BCUT2D eigenvalue weighted by Gasteiger charge is -2.09. The number of halogens is 2. The molecular formula is C12H10BrFOS. The van der Waals surface area contributed by atoms with E-state index < -0.39 is 0 Å². The molecule has 1 nitrogen and oxygen atoms in total. The molecule has 84 valence electrons. The van der Waals surface area contributed by atoms with Crippen molar-refractivity contribution in [3.8, 4) is 5.75 Å². The van der Waals surface area contributed by atoms with Crippen molar-refractivity contribution in [2.75, 3.05) is 7.11 Å². The second-order valence-corrected chi connectivity index (χ2v) is 5.17. The van der Waals surface area contributed by atoms with Gasteiger partial charge in [0.25, 0.3) is 0 Å². The van der Waals surface area contributed by atoms with E-state index >= 15 is 0 Å². The lowest BCUT2D eigenvalue weighted by Crippen LogP contribution is -1.93. The van der Waals surface area contributed by atoms with Crippen molar-refractivity contribution in [1.29, 1.82) is 0 Å². The molecule has 1 aromatic heterocycles. The van der Waals surface area contributed by atoms with Crippen LogP contribution in [0.2, 0.25) is 0 Å². The molecule has 0 fully saturated rings. The first-order chi connectivity index (χ1) is 7.72. The van der Waals surface area contributed by atoms with E-state index in [1.165, 1.54) is 13.2 Å². The largest absolute Gasteiger partial charge is 0.494 e. The third kappa shape index (κ3) is 2.28. The van der Waals surface area contributed by atoms with Gasteiger partial charge in [0.05, 0.1) is 11.9 Å². The van der Waals surface area contributed by atoms with Crippen LogP contribution in [-0.2, 0) is 0 Å². The van der Waals surface area contributed by atoms with E-state index in [9.17, 15) is 4.39 Å². The number of rotatable bonds is 3. The van der Waals surface area contributed by atoms with Gasteiger partial charge >= 0.3 is 0 Å². The molecule has 0 saturated heterocycles. The summed E-state index contributed by atoms with van der Waals surface area (Å²) < 4.78 is 18.4. The van der Waals surface area contributed by atoms with Crippen LogP contribution in [0.5, 0.6) is 5.75 Å². The number of hydrogen-bond acceptors (Lipinski definition) is 2. The van der Waals surface area contributed by atoms with Gasteiger partial charge in [-0.1, -0.05) is 28.1 Å². The van der Waals surface area contributed by atoms with Crippen LogP contribution in [0.15, 0.2) is 35.7 Å². The zero-order valence-corrected chi connectivity index (χ0v) is 11.0. The quantitative estimate of drug-likeness (QED) is 0.764. The summed E-state index contributed by atoms with van der Waals surface area (Å²) in [5.41, 5.74) is 0.890. The van der Waals surface area contributed by atoms with Crippen molar-refractivity contribution in [3.63, 3.8) is 0 Å². The fourth-order valence-corrected chi connectivity index (χ4v) is 2.93. The summed E-state index contributed by atoms with van der Waals surface area (Å²) in [5, 5.41) is 2.00. The Balaban J connectivity index is 2.31. The van der Waals surface area contributed by atoms with E-state index in [1.54, 1.807) is 17.4 Å². The zero-order valence-electron chi connectivity index (χ0n) is 8.61. The van der Waals surface area contributed by atoms with Gasteiger partial charge in [0.15, 0.2) is 11.6 Å². The Labute approximate surface area is 106 Å². The van der Waals surface area contributed by atoms with Gasteiger partial charge in [-0.25, -0.2) is 4.39 Å². The number of ether oxygens (including phenoxy) is 1. The minimum atomic E-state index is -0.332. The van der Waals surface area contributed by atoms with Gasteiger partial charge in [0.2, 0.25) is 0 Å². The number of hydrogen-bond donors (Lipinski definition) is 0. The van der Waals surface area contributed by atoms with Crippen molar-refractivity contribution in [2.24, 2.45) is 0 Å². The average molecular weight is 301 g/mol. The van der Waals surface area contributed by atoms with Crippen LogP contribution in [0, 0.1) is 5.82 Å². The maximum absolute atomic E-state index is 13.5. The van der Waals surface area contributed by atoms with Crippen LogP contribution < -0.4 is 4.74 Å². The SMILES string of the molecule is COc1ccc(C(Br)c2cccs2)cc1F. The summed E-state index contributed by atoms with van der Waals surface area (Å²) in [4.78, 5) is 1.19. The van der Waals surface area contributed by atoms with Gasteiger partial charge in [-0.05, 0) is 29.1 Å². The third-order valence-electron chi connectivity index (χ3n) is 2.26. The summed E-state index contributed by atoms with van der Waals surface area (Å²) in [5.74, 6) is -0.0596. The van der Waals surface area contributed by atoms with Crippen molar-refractivity contribution in [3.05, 3.63) is 52.0 Å². The second-order valence-electron chi connectivity index (χ2n) is 3.27. The smallest absolute Gasteiger partial charge is 0.165 e. The first kappa shape index (κ1) is 11.6. The lowest BCUT2D eigenvalue weighted by molar-refractivity contribution is 0.386. The number of thiophene rings is 1. The summed E-state index contributed by atoms with van der Waals surface area (Å²) in [6, 6.07) is 9.01.